The lowest BCUT2D eigenvalue weighted by molar-refractivity contribution is -0.138. The van der Waals surface area contributed by atoms with Crippen LogP contribution in [0.3, 0.4) is 0 Å². The van der Waals surface area contributed by atoms with Gasteiger partial charge in [0.15, 0.2) is 0 Å². The number of nitrogens with one attached hydrogen (secondary N) is 1. The van der Waals surface area contributed by atoms with Gasteiger partial charge in [-0.2, -0.15) is 13.2 Å². The molecule has 1 aromatic rings. The van der Waals surface area contributed by atoms with Crippen LogP contribution in [0.1, 0.15) is 31.4 Å². The van der Waals surface area contributed by atoms with E-state index in [9.17, 15) is 21.6 Å². The molecule has 120 valence electrons. The van der Waals surface area contributed by atoms with E-state index >= 15 is 0 Å². The normalized spacial score (nSPS) is 15.8. The van der Waals surface area contributed by atoms with Crippen LogP contribution in [0.15, 0.2) is 23.1 Å². The summed E-state index contributed by atoms with van der Waals surface area (Å²) in [5.41, 5.74) is -1.23. The zero-order chi connectivity index (χ0) is 16.4. The summed E-state index contributed by atoms with van der Waals surface area (Å²) in [7, 11) is -3.99. The van der Waals surface area contributed by atoms with Crippen LogP contribution in [-0.4, -0.2) is 19.3 Å². The highest BCUT2D eigenvalue weighted by atomic mass is 79.9. The first-order chi connectivity index (χ1) is 9.45. The molecule has 0 aromatic heterocycles. The highest BCUT2D eigenvalue weighted by Gasteiger charge is 2.34. The Labute approximate surface area is 131 Å². The summed E-state index contributed by atoms with van der Waals surface area (Å²) in [5.74, 6) is 0. The average Bonchev–Trinajstić information content (AvgIpc) is 2.24. The number of benzene rings is 1. The molecule has 0 radical (unpaired) electrons. The predicted molar refractivity (Wildman–Crippen MR) is 79.0 cm³/mol. The van der Waals surface area contributed by atoms with Crippen molar-refractivity contribution in [1.29, 1.82) is 0 Å². The molecule has 0 bridgehead atoms. The summed E-state index contributed by atoms with van der Waals surface area (Å²) < 4.78 is 65.3. The minimum atomic E-state index is -4.58. The quantitative estimate of drug-likeness (QED) is 0.779. The highest BCUT2D eigenvalue weighted by molar-refractivity contribution is 9.09. The summed E-state index contributed by atoms with van der Waals surface area (Å²) in [6.45, 7) is 4.69. The molecule has 8 heteroatoms. The van der Waals surface area contributed by atoms with Crippen molar-refractivity contribution in [1.82, 2.24) is 4.72 Å². The van der Waals surface area contributed by atoms with E-state index in [1.54, 1.807) is 6.92 Å². The Morgan fingerprint density at radius 1 is 1.29 bits per heavy atom. The van der Waals surface area contributed by atoms with Crippen LogP contribution in [0, 0.1) is 6.92 Å². The van der Waals surface area contributed by atoms with E-state index in [1.165, 1.54) is 6.07 Å². The summed E-state index contributed by atoms with van der Waals surface area (Å²) >= 11 is 3.31. The first-order valence-electron chi connectivity index (χ1n) is 6.28. The monoisotopic (exact) mass is 387 g/mol. The molecule has 0 amide bonds. The van der Waals surface area contributed by atoms with E-state index in [4.69, 9.17) is 0 Å². The predicted octanol–water partition coefficient (Wildman–Crippen LogP) is 3.85. The van der Waals surface area contributed by atoms with Crippen LogP contribution in [0.5, 0.6) is 0 Å². The van der Waals surface area contributed by atoms with Crippen LogP contribution < -0.4 is 4.72 Å². The molecule has 0 aliphatic carbocycles. The van der Waals surface area contributed by atoms with Gasteiger partial charge >= 0.3 is 6.18 Å². The molecule has 2 atom stereocenters. The van der Waals surface area contributed by atoms with Crippen molar-refractivity contribution in [2.75, 3.05) is 0 Å². The van der Waals surface area contributed by atoms with Crippen molar-refractivity contribution in [3.63, 3.8) is 0 Å². The molecule has 3 nitrogen and oxygen atoms in total. The van der Waals surface area contributed by atoms with Crippen LogP contribution >= 0.6 is 15.9 Å². The minimum absolute atomic E-state index is 0.0952. The van der Waals surface area contributed by atoms with Gasteiger partial charge in [-0.1, -0.05) is 28.9 Å². The minimum Gasteiger partial charge on any atom is -0.208 e. The van der Waals surface area contributed by atoms with Gasteiger partial charge in [-0.05, 0) is 38.0 Å². The molecule has 0 saturated carbocycles. The topological polar surface area (TPSA) is 46.2 Å². The first-order valence-corrected chi connectivity index (χ1v) is 8.68. The Kier molecular flexibility index (Phi) is 5.85. The third-order valence-electron chi connectivity index (χ3n) is 2.91. The summed E-state index contributed by atoms with van der Waals surface area (Å²) in [6, 6.07) is 2.76. The van der Waals surface area contributed by atoms with Crippen LogP contribution in [0.25, 0.3) is 0 Å². The lowest BCUT2D eigenvalue weighted by atomic mass is 10.1. The van der Waals surface area contributed by atoms with Crippen molar-refractivity contribution in [2.45, 2.75) is 49.1 Å². The second-order valence-corrected chi connectivity index (χ2v) is 8.21. The van der Waals surface area contributed by atoms with E-state index in [0.717, 1.165) is 19.1 Å². The van der Waals surface area contributed by atoms with E-state index in [-0.39, 0.29) is 15.3 Å². The van der Waals surface area contributed by atoms with Crippen molar-refractivity contribution < 1.29 is 21.6 Å². The van der Waals surface area contributed by atoms with Crippen molar-refractivity contribution in [3.8, 4) is 0 Å². The number of sulfonamides is 1. The smallest absolute Gasteiger partial charge is 0.208 e. The standard InChI is InChI=1S/C13H17BrF3NO2S/c1-8(14)7-9(2)18-21(19,20)12-6-4-5-11(10(12)3)13(15,16)17/h4-6,8-9,18H,7H2,1-3H3. The Hall–Kier alpha value is -0.600. The number of halogens is 4. The fraction of sp³-hybridized carbons (Fsp3) is 0.538. The zero-order valence-corrected chi connectivity index (χ0v) is 14.2. The number of hydrogen-bond donors (Lipinski definition) is 1. The molecule has 0 heterocycles. The van der Waals surface area contributed by atoms with E-state index < -0.39 is 27.8 Å². The maximum absolute atomic E-state index is 12.8. The first kappa shape index (κ1) is 18.4. The molecule has 0 aliphatic rings. The molecule has 0 fully saturated rings. The van der Waals surface area contributed by atoms with Crippen molar-refractivity contribution in [3.05, 3.63) is 29.3 Å². The summed E-state index contributed by atoms with van der Waals surface area (Å²) in [5, 5.41) is 0. The molecule has 0 saturated heterocycles. The van der Waals surface area contributed by atoms with Crippen molar-refractivity contribution in [2.24, 2.45) is 0 Å². The zero-order valence-electron chi connectivity index (χ0n) is 11.8. The fourth-order valence-electron chi connectivity index (χ4n) is 2.08. The Morgan fingerprint density at radius 2 is 1.86 bits per heavy atom. The van der Waals surface area contributed by atoms with Crippen LogP contribution in [0.4, 0.5) is 13.2 Å². The lowest BCUT2D eigenvalue weighted by Gasteiger charge is -2.18. The molecule has 0 spiro atoms. The van der Waals surface area contributed by atoms with E-state index in [2.05, 4.69) is 20.7 Å². The van der Waals surface area contributed by atoms with Gasteiger partial charge in [0.25, 0.3) is 0 Å². The molecule has 2 unspecified atom stereocenters. The fourth-order valence-corrected chi connectivity index (χ4v) is 4.16. The Balaban J connectivity index is 3.16. The Morgan fingerprint density at radius 3 is 2.33 bits per heavy atom. The highest BCUT2D eigenvalue weighted by Crippen LogP contribution is 2.34. The Bertz CT molecular complexity index is 600. The van der Waals surface area contributed by atoms with Crippen LogP contribution in [-0.2, 0) is 16.2 Å². The number of rotatable bonds is 5. The average molecular weight is 388 g/mol. The van der Waals surface area contributed by atoms with Gasteiger partial charge in [0, 0.05) is 10.9 Å². The molecule has 21 heavy (non-hydrogen) atoms. The molecule has 0 aliphatic heterocycles. The summed E-state index contributed by atoms with van der Waals surface area (Å²) in [6.07, 6.45) is -4.05. The lowest BCUT2D eigenvalue weighted by Crippen LogP contribution is -2.34. The van der Waals surface area contributed by atoms with Gasteiger partial charge in [0.2, 0.25) is 10.0 Å². The van der Waals surface area contributed by atoms with E-state index in [0.29, 0.717) is 6.42 Å². The second-order valence-electron chi connectivity index (χ2n) is 4.97. The summed E-state index contributed by atoms with van der Waals surface area (Å²) in [4.78, 5) is -0.246. The van der Waals surface area contributed by atoms with Gasteiger partial charge in [-0.15, -0.1) is 0 Å². The molecule has 1 rings (SSSR count). The second kappa shape index (κ2) is 6.66. The maximum atomic E-state index is 12.8. The van der Waals surface area contributed by atoms with Crippen molar-refractivity contribution >= 4 is 26.0 Å². The maximum Gasteiger partial charge on any atom is 0.416 e. The van der Waals surface area contributed by atoms with Gasteiger partial charge < -0.3 is 0 Å². The largest absolute Gasteiger partial charge is 0.416 e. The molecular weight excluding hydrogens is 371 g/mol. The SMILES string of the molecule is Cc1c(C(F)(F)F)cccc1S(=O)(=O)NC(C)CC(C)Br. The van der Waals surface area contributed by atoms with Gasteiger partial charge in [0.05, 0.1) is 10.5 Å². The third-order valence-corrected chi connectivity index (χ3v) is 5.02. The number of alkyl halides is 4. The van der Waals surface area contributed by atoms with Crippen LogP contribution in [0.2, 0.25) is 0 Å². The molecule has 1 N–H and O–H groups in total. The number of hydrogen-bond acceptors (Lipinski definition) is 2. The molecule has 1 aromatic carbocycles. The van der Waals surface area contributed by atoms with Gasteiger partial charge in [0.1, 0.15) is 0 Å². The van der Waals surface area contributed by atoms with Gasteiger partial charge in [-0.25, -0.2) is 13.1 Å². The third kappa shape index (κ3) is 4.96. The van der Waals surface area contributed by atoms with Gasteiger partial charge in [-0.3, -0.25) is 0 Å². The molecular formula is C13H17BrF3NO2S. The van der Waals surface area contributed by atoms with E-state index in [1.807, 2.05) is 6.92 Å².